The van der Waals surface area contributed by atoms with Crippen LogP contribution in [0.4, 0.5) is 13.2 Å². The molecular formula is C13H18F3NS. The van der Waals surface area contributed by atoms with Crippen molar-refractivity contribution in [3.8, 4) is 0 Å². The Kier molecular flexibility index (Phi) is 5.53. The van der Waals surface area contributed by atoms with Crippen molar-refractivity contribution in [1.29, 1.82) is 0 Å². The van der Waals surface area contributed by atoms with Gasteiger partial charge in [-0.15, -0.1) is 11.8 Å². The van der Waals surface area contributed by atoms with E-state index in [0.717, 1.165) is 6.42 Å². The monoisotopic (exact) mass is 277 g/mol. The topological polar surface area (TPSA) is 12.0 Å². The zero-order valence-corrected chi connectivity index (χ0v) is 11.6. The van der Waals surface area contributed by atoms with Gasteiger partial charge in [0.05, 0.1) is 5.56 Å². The Labute approximate surface area is 110 Å². The quantitative estimate of drug-likeness (QED) is 0.805. The highest BCUT2D eigenvalue weighted by Crippen LogP contribution is 2.39. The van der Waals surface area contributed by atoms with Crippen LogP contribution in [0, 0.1) is 0 Å². The van der Waals surface area contributed by atoms with Gasteiger partial charge in [-0.1, -0.05) is 19.9 Å². The number of hydrogen-bond donors (Lipinski definition) is 1. The third kappa shape index (κ3) is 4.21. The first-order valence-corrected chi connectivity index (χ1v) is 6.77. The summed E-state index contributed by atoms with van der Waals surface area (Å²) < 4.78 is 39.0. The van der Waals surface area contributed by atoms with Crippen molar-refractivity contribution in [3.63, 3.8) is 0 Å². The van der Waals surface area contributed by atoms with E-state index >= 15 is 0 Å². The van der Waals surface area contributed by atoms with E-state index in [1.165, 1.54) is 17.8 Å². The Morgan fingerprint density at radius 2 is 2.00 bits per heavy atom. The van der Waals surface area contributed by atoms with Crippen LogP contribution in [0.1, 0.15) is 31.4 Å². The Balaban J connectivity index is 3.09. The van der Waals surface area contributed by atoms with Gasteiger partial charge in [-0.3, -0.25) is 0 Å². The predicted octanol–water partition coefficient (Wildman–Crippen LogP) is 4.32. The molecule has 0 heterocycles. The second kappa shape index (κ2) is 6.48. The highest BCUT2D eigenvalue weighted by Gasteiger charge is 2.34. The summed E-state index contributed by atoms with van der Waals surface area (Å²) in [6.45, 7) is 4.35. The fraction of sp³-hybridized carbons (Fsp3) is 0.538. The maximum absolute atomic E-state index is 13.0. The van der Waals surface area contributed by atoms with Crippen molar-refractivity contribution in [3.05, 3.63) is 29.3 Å². The molecule has 1 unspecified atom stereocenters. The molecule has 0 fully saturated rings. The number of nitrogens with one attached hydrogen (secondary N) is 1. The van der Waals surface area contributed by atoms with Gasteiger partial charge >= 0.3 is 6.18 Å². The zero-order valence-electron chi connectivity index (χ0n) is 10.8. The van der Waals surface area contributed by atoms with Gasteiger partial charge in [-0.25, -0.2) is 0 Å². The summed E-state index contributed by atoms with van der Waals surface area (Å²) in [5.41, 5.74) is 0.124. The first-order chi connectivity index (χ1) is 8.38. The van der Waals surface area contributed by atoms with Crippen LogP contribution < -0.4 is 5.32 Å². The predicted molar refractivity (Wildman–Crippen MR) is 69.8 cm³/mol. The second-order valence-corrected chi connectivity index (χ2v) is 5.68. The maximum atomic E-state index is 13.0. The molecule has 0 amide bonds. The minimum atomic E-state index is -4.29. The lowest BCUT2D eigenvalue weighted by molar-refractivity contribution is -0.139. The molecule has 18 heavy (non-hydrogen) atoms. The maximum Gasteiger partial charge on any atom is 0.417 e. The Morgan fingerprint density at radius 3 is 2.50 bits per heavy atom. The average molecular weight is 277 g/mol. The first-order valence-electron chi connectivity index (χ1n) is 5.89. The van der Waals surface area contributed by atoms with Crippen LogP contribution >= 0.6 is 11.8 Å². The molecule has 1 atom stereocenters. The summed E-state index contributed by atoms with van der Waals surface area (Å²) in [5, 5.41) is 3.04. The molecular weight excluding hydrogens is 259 g/mol. The number of rotatable bonds is 5. The number of thioether (sulfide) groups is 1. The Bertz CT molecular complexity index is 390. The van der Waals surface area contributed by atoms with Gasteiger partial charge in [0.15, 0.2) is 0 Å². The van der Waals surface area contributed by atoms with Gasteiger partial charge in [0.25, 0.3) is 0 Å². The first kappa shape index (κ1) is 15.4. The van der Waals surface area contributed by atoms with Crippen LogP contribution in [-0.4, -0.2) is 12.3 Å². The molecule has 0 aromatic heterocycles. The molecule has 1 nitrogen and oxygen atoms in total. The third-order valence-electron chi connectivity index (χ3n) is 2.63. The molecule has 0 radical (unpaired) electrons. The van der Waals surface area contributed by atoms with E-state index in [-0.39, 0.29) is 5.25 Å². The van der Waals surface area contributed by atoms with Crippen molar-refractivity contribution >= 4 is 11.8 Å². The van der Waals surface area contributed by atoms with Gasteiger partial charge in [0, 0.05) is 16.7 Å². The van der Waals surface area contributed by atoms with E-state index in [2.05, 4.69) is 5.32 Å². The van der Waals surface area contributed by atoms with Gasteiger partial charge in [0.1, 0.15) is 0 Å². The van der Waals surface area contributed by atoms with E-state index in [4.69, 9.17) is 0 Å². The van der Waals surface area contributed by atoms with Crippen LogP contribution in [0.15, 0.2) is 23.1 Å². The van der Waals surface area contributed by atoms with Crippen LogP contribution in [0.25, 0.3) is 0 Å². The minimum Gasteiger partial charge on any atom is -0.316 e. The zero-order chi connectivity index (χ0) is 13.8. The van der Waals surface area contributed by atoms with Crippen molar-refractivity contribution < 1.29 is 13.2 Å². The molecule has 0 saturated heterocycles. The van der Waals surface area contributed by atoms with Crippen molar-refractivity contribution in [2.45, 2.75) is 43.1 Å². The van der Waals surface area contributed by atoms with E-state index in [0.29, 0.717) is 17.0 Å². The van der Waals surface area contributed by atoms with Gasteiger partial charge in [-0.05, 0) is 31.2 Å². The fourth-order valence-electron chi connectivity index (χ4n) is 1.52. The van der Waals surface area contributed by atoms with E-state index < -0.39 is 11.7 Å². The van der Waals surface area contributed by atoms with Crippen molar-refractivity contribution in [2.75, 3.05) is 7.05 Å². The van der Waals surface area contributed by atoms with Crippen LogP contribution in [0.5, 0.6) is 0 Å². The third-order valence-corrected chi connectivity index (χ3v) is 3.98. The van der Waals surface area contributed by atoms with Crippen LogP contribution in [0.3, 0.4) is 0 Å². The lowest BCUT2D eigenvalue weighted by atomic mass is 10.1. The Morgan fingerprint density at radius 1 is 1.33 bits per heavy atom. The molecule has 1 rings (SSSR count). The normalized spacial score (nSPS) is 13.7. The highest BCUT2D eigenvalue weighted by molar-refractivity contribution is 8.00. The summed E-state index contributed by atoms with van der Waals surface area (Å²) in [6.07, 6.45) is -3.44. The molecule has 5 heteroatoms. The smallest absolute Gasteiger partial charge is 0.316 e. The summed E-state index contributed by atoms with van der Waals surface area (Å²) in [6, 6.07) is 4.56. The number of benzene rings is 1. The fourth-order valence-corrected chi connectivity index (χ4v) is 2.56. The average Bonchev–Trinajstić information content (AvgIpc) is 2.30. The summed E-state index contributed by atoms with van der Waals surface area (Å²) >= 11 is 1.28. The molecule has 0 spiro atoms. The molecule has 102 valence electrons. The van der Waals surface area contributed by atoms with Crippen molar-refractivity contribution in [2.24, 2.45) is 0 Å². The summed E-state index contributed by atoms with van der Waals surface area (Å²) in [5.74, 6) is 0. The Hall–Kier alpha value is -0.680. The number of halogens is 3. The summed E-state index contributed by atoms with van der Waals surface area (Å²) in [7, 11) is 1.72. The van der Waals surface area contributed by atoms with Crippen LogP contribution in [-0.2, 0) is 12.7 Å². The number of alkyl halides is 3. The SMILES string of the molecule is CCC(C)Sc1ccc(CNC)cc1C(F)(F)F. The second-order valence-electron chi connectivity index (χ2n) is 4.20. The molecule has 0 saturated carbocycles. The van der Waals surface area contributed by atoms with Gasteiger partial charge < -0.3 is 5.32 Å². The lowest BCUT2D eigenvalue weighted by Gasteiger charge is -2.16. The molecule has 0 bridgehead atoms. The lowest BCUT2D eigenvalue weighted by Crippen LogP contribution is -2.11. The van der Waals surface area contributed by atoms with Crippen LogP contribution in [0.2, 0.25) is 0 Å². The molecule has 0 aliphatic heterocycles. The van der Waals surface area contributed by atoms with Crippen molar-refractivity contribution in [1.82, 2.24) is 5.32 Å². The van der Waals surface area contributed by atoms with E-state index in [9.17, 15) is 13.2 Å². The molecule has 0 aliphatic carbocycles. The molecule has 1 N–H and O–H groups in total. The summed E-state index contributed by atoms with van der Waals surface area (Å²) in [4.78, 5) is 0.316. The van der Waals surface area contributed by atoms with E-state index in [1.807, 2.05) is 13.8 Å². The highest BCUT2D eigenvalue weighted by atomic mass is 32.2. The number of hydrogen-bond acceptors (Lipinski definition) is 2. The molecule has 0 aliphatic rings. The van der Waals surface area contributed by atoms with Gasteiger partial charge in [0.2, 0.25) is 0 Å². The van der Waals surface area contributed by atoms with E-state index in [1.54, 1.807) is 19.2 Å². The molecule has 1 aromatic carbocycles. The molecule has 1 aromatic rings. The minimum absolute atomic E-state index is 0.182. The van der Waals surface area contributed by atoms with Gasteiger partial charge in [-0.2, -0.15) is 13.2 Å². The largest absolute Gasteiger partial charge is 0.417 e. The standard InChI is InChI=1S/C13H18F3NS/c1-4-9(2)18-12-6-5-10(8-17-3)7-11(12)13(14,15)16/h5-7,9,17H,4,8H2,1-3H3.